The van der Waals surface area contributed by atoms with Gasteiger partial charge < -0.3 is 5.73 Å². The molecule has 0 radical (unpaired) electrons. The van der Waals surface area contributed by atoms with Crippen molar-refractivity contribution in [1.82, 2.24) is 0 Å². The quantitative estimate of drug-likeness (QED) is 0.765. The van der Waals surface area contributed by atoms with E-state index in [2.05, 4.69) is 0 Å². The van der Waals surface area contributed by atoms with Crippen LogP contribution in [0.2, 0.25) is 0 Å². The van der Waals surface area contributed by atoms with Gasteiger partial charge in [-0.3, -0.25) is 4.21 Å². The predicted octanol–water partition coefficient (Wildman–Crippen LogP) is 1.95. The Bertz CT molecular complexity index is 213. The van der Waals surface area contributed by atoms with E-state index in [4.69, 9.17) is 5.73 Å². The van der Waals surface area contributed by atoms with Gasteiger partial charge in [0.15, 0.2) is 0 Å². The average molecular weight is 215 g/mol. The highest BCUT2D eigenvalue weighted by molar-refractivity contribution is 7.86. The van der Waals surface area contributed by atoms with Crippen LogP contribution in [0.4, 0.5) is 0 Å². The van der Waals surface area contributed by atoms with Crippen LogP contribution in [0.3, 0.4) is 0 Å². The Morgan fingerprint density at radius 1 is 0.929 bits per heavy atom. The zero-order valence-electron chi connectivity index (χ0n) is 8.78. The van der Waals surface area contributed by atoms with E-state index in [-0.39, 0.29) is 6.04 Å². The SMILES string of the molecule is NC1CCCC1S(=O)C1CCCCC1. The van der Waals surface area contributed by atoms with Crippen LogP contribution in [0, 0.1) is 0 Å². The molecule has 0 saturated heterocycles. The van der Waals surface area contributed by atoms with Gasteiger partial charge in [0.2, 0.25) is 0 Å². The number of rotatable bonds is 2. The van der Waals surface area contributed by atoms with Gasteiger partial charge in [-0.1, -0.05) is 25.7 Å². The minimum Gasteiger partial charge on any atom is -0.327 e. The molecular weight excluding hydrogens is 194 g/mol. The van der Waals surface area contributed by atoms with Crippen molar-refractivity contribution < 1.29 is 4.21 Å². The molecule has 3 heteroatoms. The van der Waals surface area contributed by atoms with Crippen LogP contribution in [-0.4, -0.2) is 20.8 Å². The molecule has 2 N–H and O–H groups in total. The van der Waals surface area contributed by atoms with Gasteiger partial charge in [0.25, 0.3) is 0 Å². The zero-order valence-corrected chi connectivity index (χ0v) is 9.60. The molecule has 0 aromatic rings. The number of hydrogen-bond donors (Lipinski definition) is 1. The molecule has 0 heterocycles. The Labute approximate surface area is 89.1 Å². The van der Waals surface area contributed by atoms with Crippen molar-refractivity contribution in [3.63, 3.8) is 0 Å². The highest BCUT2D eigenvalue weighted by Gasteiger charge is 2.33. The van der Waals surface area contributed by atoms with Crippen molar-refractivity contribution in [3.8, 4) is 0 Å². The summed E-state index contributed by atoms with van der Waals surface area (Å²) < 4.78 is 12.2. The van der Waals surface area contributed by atoms with Crippen LogP contribution in [0.1, 0.15) is 51.4 Å². The molecule has 2 nitrogen and oxygen atoms in total. The summed E-state index contributed by atoms with van der Waals surface area (Å²) >= 11 is 0. The maximum absolute atomic E-state index is 12.2. The van der Waals surface area contributed by atoms with Crippen LogP contribution in [0.25, 0.3) is 0 Å². The fraction of sp³-hybridized carbons (Fsp3) is 1.00. The van der Waals surface area contributed by atoms with Crippen molar-refractivity contribution >= 4 is 10.8 Å². The molecule has 0 aromatic carbocycles. The van der Waals surface area contributed by atoms with Crippen molar-refractivity contribution in [3.05, 3.63) is 0 Å². The lowest BCUT2D eigenvalue weighted by atomic mass is 10.0. The van der Waals surface area contributed by atoms with E-state index in [1.54, 1.807) is 0 Å². The number of hydrogen-bond acceptors (Lipinski definition) is 2. The average Bonchev–Trinajstić information content (AvgIpc) is 2.65. The van der Waals surface area contributed by atoms with E-state index in [0.29, 0.717) is 10.5 Å². The normalized spacial score (nSPS) is 37.2. The van der Waals surface area contributed by atoms with Gasteiger partial charge >= 0.3 is 0 Å². The maximum Gasteiger partial charge on any atom is 0.0501 e. The van der Waals surface area contributed by atoms with E-state index in [1.165, 1.54) is 38.5 Å². The molecule has 0 amide bonds. The molecule has 3 atom stereocenters. The Morgan fingerprint density at radius 3 is 2.21 bits per heavy atom. The maximum atomic E-state index is 12.2. The Kier molecular flexibility index (Phi) is 3.61. The van der Waals surface area contributed by atoms with Crippen molar-refractivity contribution in [1.29, 1.82) is 0 Å². The number of nitrogens with two attached hydrogens (primary N) is 1. The third kappa shape index (κ3) is 2.19. The van der Waals surface area contributed by atoms with E-state index < -0.39 is 10.8 Å². The first kappa shape index (κ1) is 10.6. The van der Waals surface area contributed by atoms with Crippen LogP contribution < -0.4 is 5.73 Å². The molecule has 3 unspecified atom stereocenters. The van der Waals surface area contributed by atoms with E-state index in [1.807, 2.05) is 0 Å². The highest BCUT2D eigenvalue weighted by atomic mass is 32.2. The fourth-order valence-electron chi connectivity index (χ4n) is 2.79. The fourth-order valence-corrected chi connectivity index (χ4v) is 4.96. The lowest BCUT2D eigenvalue weighted by Gasteiger charge is -2.25. The van der Waals surface area contributed by atoms with Gasteiger partial charge in [0.1, 0.15) is 0 Å². The van der Waals surface area contributed by atoms with Crippen LogP contribution >= 0.6 is 0 Å². The summed E-state index contributed by atoms with van der Waals surface area (Å²) in [6, 6.07) is 0.220. The Morgan fingerprint density at radius 2 is 1.64 bits per heavy atom. The molecule has 2 aliphatic carbocycles. The first-order valence-corrected chi connectivity index (χ1v) is 7.21. The monoisotopic (exact) mass is 215 g/mol. The molecule has 0 aromatic heterocycles. The van der Waals surface area contributed by atoms with Gasteiger partial charge in [-0.2, -0.15) is 0 Å². The minimum absolute atomic E-state index is 0.220. The third-order valence-electron chi connectivity index (χ3n) is 3.68. The van der Waals surface area contributed by atoms with Crippen LogP contribution in [0.15, 0.2) is 0 Å². The summed E-state index contributed by atoms with van der Waals surface area (Å²) in [5.41, 5.74) is 5.99. The first-order chi connectivity index (χ1) is 6.79. The summed E-state index contributed by atoms with van der Waals surface area (Å²) in [6.45, 7) is 0. The molecule has 2 aliphatic rings. The highest BCUT2D eigenvalue weighted by Crippen LogP contribution is 2.30. The molecule has 0 aliphatic heterocycles. The van der Waals surface area contributed by atoms with E-state index in [9.17, 15) is 4.21 Å². The molecular formula is C11H21NOS. The van der Waals surface area contributed by atoms with Crippen molar-refractivity contribution in [2.45, 2.75) is 67.9 Å². The second kappa shape index (κ2) is 4.75. The second-order valence-corrected chi connectivity index (χ2v) is 6.65. The summed E-state index contributed by atoms with van der Waals surface area (Å²) in [5.74, 6) is 0. The third-order valence-corrected chi connectivity index (χ3v) is 5.99. The lowest BCUT2D eigenvalue weighted by Crippen LogP contribution is -2.37. The summed E-state index contributed by atoms with van der Waals surface area (Å²) in [4.78, 5) is 0. The largest absolute Gasteiger partial charge is 0.327 e. The molecule has 14 heavy (non-hydrogen) atoms. The molecule has 2 fully saturated rings. The summed E-state index contributed by atoms with van der Waals surface area (Å²) in [5, 5.41) is 0.788. The van der Waals surface area contributed by atoms with Gasteiger partial charge in [0, 0.05) is 22.1 Å². The zero-order chi connectivity index (χ0) is 9.97. The molecule has 2 rings (SSSR count). The van der Waals surface area contributed by atoms with Gasteiger partial charge in [-0.25, -0.2) is 0 Å². The topological polar surface area (TPSA) is 43.1 Å². The predicted molar refractivity (Wildman–Crippen MR) is 60.6 cm³/mol. The van der Waals surface area contributed by atoms with Gasteiger partial charge in [-0.15, -0.1) is 0 Å². The Hall–Kier alpha value is 0.110. The molecule has 2 saturated carbocycles. The Balaban J connectivity index is 1.92. The van der Waals surface area contributed by atoms with Gasteiger partial charge in [-0.05, 0) is 25.7 Å². The van der Waals surface area contributed by atoms with E-state index in [0.717, 1.165) is 12.8 Å². The van der Waals surface area contributed by atoms with Crippen molar-refractivity contribution in [2.24, 2.45) is 5.73 Å². The summed E-state index contributed by atoms with van der Waals surface area (Å²) in [7, 11) is -0.637. The van der Waals surface area contributed by atoms with Gasteiger partial charge in [0.05, 0.1) is 5.25 Å². The summed E-state index contributed by atoms with van der Waals surface area (Å²) in [6.07, 6.45) is 9.62. The molecule has 0 spiro atoms. The first-order valence-electron chi connectivity index (χ1n) is 5.94. The van der Waals surface area contributed by atoms with Crippen LogP contribution in [0.5, 0.6) is 0 Å². The van der Waals surface area contributed by atoms with E-state index >= 15 is 0 Å². The van der Waals surface area contributed by atoms with Crippen LogP contribution in [-0.2, 0) is 10.8 Å². The smallest absolute Gasteiger partial charge is 0.0501 e. The standard InChI is InChI=1S/C11H21NOS/c12-10-7-4-8-11(10)14(13)9-5-2-1-3-6-9/h9-11H,1-8,12H2. The molecule has 82 valence electrons. The minimum atomic E-state index is -0.637. The second-order valence-electron chi connectivity index (χ2n) is 4.72. The lowest BCUT2D eigenvalue weighted by molar-refractivity contribution is 0.500. The van der Waals surface area contributed by atoms with Crippen molar-refractivity contribution in [2.75, 3.05) is 0 Å². The molecule has 0 bridgehead atoms.